The topological polar surface area (TPSA) is 82.8 Å². The van der Waals surface area contributed by atoms with E-state index in [1.807, 2.05) is 42.5 Å². The van der Waals surface area contributed by atoms with Crippen LogP contribution in [0.4, 0.5) is 4.39 Å². The summed E-state index contributed by atoms with van der Waals surface area (Å²) in [5.41, 5.74) is 3.13. The lowest BCUT2D eigenvalue weighted by atomic mass is 9.94. The lowest BCUT2D eigenvalue weighted by Crippen LogP contribution is -2.16. The van der Waals surface area contributed by atoms with Gasteiger partial charge in [0.05, 0.1) is 18.4 Å². The predicted molar refractivity (Wildman–Crippen MR) is 132 cm³/mol. The molecule has 0 aliphatic rings. The SMILES string of the molecule is C=C(COc1ccccc1)/C(=C/CO)C(O)CC/C(=C/c1ccc(O)c(F)c1)c1ccccn1. The number of aliphatic hydroxyl groups is 2. The van der Waals surface area contributed by atoms with Crippen LogP contribution in [-0.4, -0.2) is 39.6 Å². The minimum Gasteiger partial charge on any atom is -0.505 e. The van der Waals surface area contributed by atoms with E-state index in [1.54, 1.807) is 24.4 Å². The van der Waals surface area contributed by atoms with E-state index in [-0.39, 0.29) is 13.2 Å². The summed E-state index contributed by atoms with van der Waals surface area (Å²) < 4.78 is 19.6. The van der Waals surface area contributed by atoms with Gasteiger partial charge in [-0.25, -0.2) is 4.39 Å². The minimum absolute atomic E-state index is 0.169. The first-order valence-electron chi connectivity index (χ1n) is 10.9. The van der Waals surface area contributed by atoms with Crippen LogP contribution in [0.15, 0.2) is 96.7 Å². The molecule has 0 saturated heterocycles. The molecule has 5 nitrogen and oxygen atoms in total. The third-order valence-corrected chi connectivity index (χ3v) is 5.23. The van der Waals surface area contributed by atoms with Gasteiger partial charge in [-0.15, -0.1) is 0 Å². The number of hydrogen-bond acceptors (Lipinski definition) is 5. The van der Waals surface area contributed by atoms with Crippen molar-refractivity contribution in [2.45, 2.75) is 18.9 Å². The molecule has 0 spiro atoms. The molecule has 0 aliphatic heterocycles. The van der Waals surface area contributed by atoms with Crippen LogP contribution in [0.25, 0.3) is 11.6 Å². The second-order valence-electron chi connectivity index (χ2n) is 7.70. The fourth-order valence-electron chi connectivity index (χ4n) is 3.47. The summed E-state index contributed by atoms with van der Waals surface area (Å²) in [4.78, 5) is 4.39. The Hall–Kier alpha value is -3.74. The number of pyridine rings is 1. The molecule has 1 atom stereocenters. The van der Waals surface area contributed by atoms with Crippen LogP contribution in [0.2, 0.25) is 0 Å². The molecule has 1 aromatic heterocycles. The van der Waals surface area contributed by atoms with Gasteiger partial charge in [-0.05, 0) is 77.6 Å². The van der Waals surface area contributed by atoms with Gasteiger partial charge >= 0.3 is 0 Å². The summed E-state index contributed by atoms with van der Waals surface area (Å²) in [6.07, 6.45) is 4.82. The molecular weight excluding hydrogens is 433 g/mol. The number of nitrogens with zero attached hydrogens (tertiary/aromatic N) is 1. The Morgan fingerprint density at radius 1 is 1.09 bits per heavy atom. The summed E-state index contributed by atoms with van der Waals surface area (Å²) in [5.74, 6) is -0.443. The van der Waals surface area contributed by atoms with Crippen molar-refractivity contribution in [2.75, 3.05) is 13.2 Å². The lowest BCUT2D eigenvalue weighted by molar-refractivity contribution is 0.200. The predicted octanol–water partition coefficient (Wildman–Crippen LogP) is 5.16. The van der Waals surface area contributed by atoms with Crippen molar-refractivity contribution < 1.29 is 24.4 Å². The number of halogens is 1. The number of ether oxygens (including phenoxy) is 1. The Morgan fingerprint density at radius 2 is 1.85 bits per heavy atom. The minimum atomic E-state index is -0.900. The van der Waals surface area contributed by atoms with Crippen molar-refractivity contribution >= 4 is 11.6 Å². The quantitative estimate of drug-likeness (QED) is 0.344. The number of allylic oxidation sites excluding steroid dienone is 1. The molecule has 0 aliphatic carbocycles. The molecule has 1 heterocycles. The third kappa shape index (κ3) is 7.13. The number of hydrogen-bond donors (Lipinski definition) is 3. The molecule has 6 heteroatoms. The second-order valence-corrected chi connectivity index (χ2v) is 7.70. The van der Waals surface area contributed by atoms with Gasteiger partial charge < -0.3 is 20.1 Å². The Bertz CT molecular complexity index is 1140. The highest BCUT2D eigenvalue weighted by molar-refractivity contribution is 5.80. The Labute approximate surface area is 198 Å². The molecule has 3 aromatic rings. The zero-order valence-electron chi connectivity index (χ0n) is 18.8. The van der Waals surface area contributed by atoms with Crippen LogP contribution in [0, 0.1) is 5.82 Å². The van der Waals surface area contributed by atoms with Gasteiger partial charge in [-0.2, -0.15) is 0 Å². The van der Waals surface area contributed by atoms with Crippen molar-refractivity contribution in [2.24, 2.45) is 0 Å². The van der Waals surface area contributed by atoms with Gasteiger partial charge in [0.25, 0.3) is 0 Å². The normalized spacial score (nSPS) is 12.9. The number of aromatic nitrogens is 1. The van der Waals surface area contributed by atoms with E-state index in [0.717, 1.165) is 5.57 Å². The average molecular weight is 462 g/mol. The van der Waals surface area contributed by atoms with E-state index in [9.17, 15) is 19.7 Å². The molecule has 0 fully saturated rings. The zero-order chi connectivity index (χ0) is 24.3. The number of rotatable bonds is 11. The molecule has 3 rings (SSSR count). The van der Waals surface area contributed by atoms with Crippen molar-refractivity contribution in [1.82, 2.24) is 4.98 Å². The average Bonchev–Trinajstić information content (AvgIpc) is 2.86. The van der Waals surface area contributed by atoms with Crippen molar-refractivity contribution in [3.63, 3.8) is 0 Å². The highest BCUT2D eigenvalue weighted by Crippen LogP contribution is 2.27. The Kier molecular flexibility index (Phi) is 9.14. The van der Waals surface area contributed by atoms with Gasteiger partial charge in [0.2, 0.25) is 0 Å². The van der Waals surface area contributed by atoms with Gasteiger partial charge in [-0.3, -0.25) is 4.98 Å². The Balaban J connectivity index is 1.74. The van der Waals surface area contributed by atoms with Crippen LogP contribution in [0.3, 0.4) is 0 Å². The second kappa shape index (κ2) is 12.5. The fourth-order valence-corrected chi connectivity index (χ4v) is 3.47. The van der Waals surface area contributed by atoms with Gasteiger partial charge in [0.15, 0.2) is 11.6 Å². The third-order valence-electron chi connectivity index (χ3n) is 5.23. The highest BCUT2D eigenvalue weighted by atomic mass is 19.1. The number of aromatic hydroxyl groups is 1. The van der Waals surface area contributed by atoms with Crippen molar-refractivity contribution in [3.8, 4) is 11.5 Å². The number of phenols is 1. The molecule has 34 heavy (non-hydrogen) atoms. The van der Waals surface area contributed by atoms with E-state index in [4.69, 9.17) is 4.74 Å². The summed E-state index contributed by atoms with van der Waals surface area (Å²) >= 11 is 0. The van der Waals surface area contributed by atoms with Crippen LogP contribution in [-0.2, 0) is 0 Å². The van der Waals surface area contributed by atoms with E-state index in [0.29, 0.717) is 41.0 Å². The monoisotopic (exact) mass is 461 g/mol. The Morgan fingerprint density at radius 3 is 2.53 bits per heavy atom. The maximum atomic E-state index is 13.8. The van der Waals surface area contributed by atoms with Crippen LogP contribution in [0.5, 0.6) is 11.5 Å². The van der Waals surface area contributed by atoms with Gasteiger partial charge in [-0.1, -0.05) is 43.0 Å². The summed E-state index contributed by atoms with van der Waals surface area (Å²) in [5, 5.41) is 29.9. The lowest BCUT2D eigenvalue weighted by Gasteiger charge is -2.19. The van der Waals surface area contributed by atoms with E-state index >= 15 is 0 Å². The zero-order valence-corrected chi connectivity index (χ0v) is 18.8. The first-order valence-corrected chi connectivity index (χ1v) is 10.9. The highest BCUT2D eigenvalue weighted by Gasteiger charge is 2.16. The number of benzene rings is 2. The largest absolute Gasteiger partial charge is 0.505 e. The van der Waals surface area contributed by atoms with Gasteiger partial charge in [0, 0.05) is 6.20 Å². The van der Waals surface area contributed by atoms with Crippen molar-refractivity contribution in [3.05, 3.63) is 114 Å². The molecule has 176 valence electrons. The van der Waals surface area contributed by atoms with Crippen LogP contribution < -0.4 is 4.74 Å². The summed E-state index contributed by atoms with van der Waals surface area (Å²) in [7, 11) is 0. The van der Waals surface area contributed by atoms with Crippen molar-refractivity contribution in [1.29, 1.82) is 0 Å². The molecule has 3 N–H and O–H groups in total. The molecule has 0 saturated carbocycles. The van der Waals surface area contributed by atoms with E-state index in [1.165, 1.54) is 18.2 Å². The fraction of sp³-hybridized carbons (Fsp3) is 0.179. The van der Waals surface area contributed by atoms with Crippen LogP contribution in [0.1, 0.15) is 24.1 Å². The van der Waals surface area contributed by atoms with Crippen LogP contribution >= 0.6 is 0 Å². The number of phenolic OH excluding ortho intramolecular Hbond substituents is 1. The molecular formula is C28H28FNO4. The summed E-state index contributed by atoms with van der Waals surface area (Å²) in [6, 6.07) is 18.9. The first-order chi connectivity index (χ1) is 16.5. The maximum absolute atomic E-state index is 13.8. The molecule has 0 bridgehead atoms. The van der Waals surface area contributed by atoms with E-state index < -0.39 is 17.7 Å². The standard InChI is InChI=1S/C28H28FNO4/c1-20(19-34-23-7-3-2-4-8-23)24(14-16-31)27(32)13-11-22(26-9-5-6-15-30-26)17-21-10-12-28(33)25(29)18-21/h2-10,12,14-15,17-18,27,31-33H,1,11,13,16,19H2/b22-17-,24-14-. The van der Waals surface area contributed by atoms with Gasteiger partial charge in [0.1, 0.15) is 12.4 Å². The first kappa shape index (κ1) is 24.9. The van der Waals surface area contributed by atoms with E-state index in [2.05, 4.69) is 11.6 Å². The maximum Gasteiger partial charge on any atom is 0.165 e. The molecule has 1 unspecified atom stereocenters. The summed E-state index contributed by atoms with van der Waals surface area (Å²) in [6.45, 7) is 3.95. The number of para-hydroxylation sites is 1. The molecule has 2 aromatic carbocycles. The molecule has 0 radical (unpaired) electrons. The molecule has 0 amide bonds. The number of aliphatic hydroxyl groups excluding tert-OH is 2. The smallest absolute Gasteiger partial charge is 0.165 e.